The van der Waals surface area contributed by atoms with Gasteiger partial charge in [0.2, 0.25) is 0 Å². The third-order valence-corrected chi connectivity index (χ3v) is 5.38. The van der Waals surface area contributed by atoms with Gasteiger partial charge in [-0.25, -0.2) is 10.2 Å². The molecule has 0 unspecified atom stereocenters. The van der Waals surface area contributed by atoms with Crippen LogP contribution in [0.15, 0.2) is 35.4 Å². The first kappa shape index (κ1) is 24.2. The molecule has 2 rings (SSSR count). The smallest absolute Gasteiger partial charge is 0.344 e. The molecule has 0 radical (unpaired) electrons. The van der Waals surface area contributed by atoms with Crippen molar-refractivity contribution >= 4 is 63.3 Å². The van der Waals surface area contributed by atoms with E-state index >= 15 is 0 Å². The Labute approximate surface area is 201 Å². The van der Waals surface area contributed by atoms with Crippen molar-refractivity contribution in [3.63, 3.8) is 0 Å². The van der Waals surface area contributed by atoms with Crippen molar-refractivity contribution in [2.24, 2.45) is 5.10 Å². The monoisotopic (exact) mass is 638 g/mol. The number of nitrogens with zero attached hydrogens (tertiary/aromatic N) is 1. The number of amides is 1. The molecule has 2 aromatic carbocycles. The van der Waals surface area contributed by atoms with Crippen LogP contribution in [0.3, 0.4) is 0 Å². The topological polar surface area (TPSA) is 95.5 Å². The van der Waals surface area contributed by atoms with E-state index in [0.29, 0.717) is 31.9 Å². The molecule has 10 heteroatoms. The molecule has 160 valence electrons. The highest BCUT2D eigenvalue weighted by atomic mass is 127. The second kappa shape index (κ2) is 11.9. The largest absolute Gasteiger partial charge is 0.496 e. The molecular weight excluding hydrogens is 618 g/mol. The Balaban J connectivity index is 2.09. The molecule has 0 bridgehead atoms. The fourth-order valence-electron chi connectivity index (χ4n) is 2.32. The number of rotatable bonds is 9. The molecule has 2 aromatic rings. The molecule has 0 aromatic heterocycles. The second-order valence-electron chi connectivity index (χ2n) is 5.68. The van der Waals surface area contributed by atoms with Crippen LogP contribution in [0.5, 0.6) is 17.2 Å². The van der Waals surface area contributed by atoms with Gasteiger partial charge in [-0.05, 0) is 88.0 Å². The minimum atomic E-state index is -0.462. The Morgan fingerprint density at radius 2 is 1.80 bits per heavy atom. The highest BCUT2D eigenvalue weighted by Gasteiger charge is 2.14. The zero-order valence-electron chi connectivity index (χ0n) is 16.5. The highest BCUT2D eigenvalue weighted by Crippen LogP contribution is 2.33. The van der Waals surface area contributed by atoms with Crippen molar-refractivity contribution in [1.82, 2.24) is 5.43 Å². The number of carbonyl (C=O) groups is 2. The number of hydrogen-bond acceptors (Lipinski definition) is 7. The van der Waals surface area contributed by atoms with E-state index in [-0.39, 0.29) is 19.1 Å². The van der Waals surface area contributed by atoms with Crippen LogP contribution in [0.4, 0.5) is 0 Å². The lowest BCUT2D eigenvalue weighted by molar-refractivity contribution is -0.145. The van der Waals surface area contributed by atoms with Gasteiger partial charge in [-0.1, -0.05) is 0 Å². The van der Waals surface area contributed by atoms with Crippen LogP contribution in [-0.2, 0) is 9.53 Å². The van der Waals surface area contributed by atoms with Crippen LogP contribution >= 0.6 is 45.2 Å². The van der Waals surface area contributed by atoms with Crippen LogP contribution in [0.25, 0.3) is 0 Å². The SMILES string of the molecule is CCOC(=O)COc1c(I)cc(/C=N\NC(=O)c2ccc(I)c(OC)c2)cc1OC. The molecule has 0 aliphatic rings. The van der Waals surface area contributed by atoms with Crippen molar-refractivity contribution < 1.29 is 28.5 Å². The van der Waals surface area contributed by atoms with Gasteiger partial charge in [0, 0.05) is 5.56 Å². The summed E-state index contributed by atoms with van der Waals surface area (Å²) in [7, 11) is 3.04. The molecule has 0 aliphatic heterocycles. The molecule has 0 spiro atoms. The van der Waals surface area contributed by atoms with E-state index in [1.54, 1.807) is 44.4 Å². The van der Waals surface area contributed by atoms with Crippen molar-refractivity contribution in [2.75, 3.05) is 27.4 Å². The van der Waals surface area contributed by atoms with Gasteiger partial charge in [0.1, 0.15) is 5.75 Å². The molecule has 0 aliphatic carbocycles. The number of methoxy groups -OCH3 is 2. The standard InChI is InChI=1S/C20H20I2N2O6/c1-4-29-18(25)11-30-19-15(22)7-12(8-17(19)28-3)10-23-24-20(26)13-5-6-14(21)16(9-13)27-2/h5-10H,4,11H2,1-3H3,(H,24,26)/b23-10-. The normalized spacial score (nSPS) is 10.6. The Kier molecular flexibility index (Phi) is 9.62. The van der Waals surface area contributed by atoms with Gasteiger partial charge in [-0.15, -0.1) is 0 Å². The summed E-state index contributed by atoms with van der Waals surface area (Å²) in [6.45, 7) is 1.79. The van der Waals surface area contributed by atoms with Crippen LogP contribution in [-0.4, -0.2) is 45.5 Å². The van der Waals surface area contributed by atoms with Gasteiger partial charge in [0.15, 0.2) is 18.1 Å². The third kappa shape index (κ3) is 6.72. The quantitative estimate of drug-likeness (QED) is 0.195. The van der Waals surface area contributed by atoms with Crippen molar-refractivity contribution in [2.45, 2.75) is 6.92 Å². The van der Waals surface area contributed by atoms with Gasteiger partial charge in [0.05, 0.1) is 34.2 Å². The molecular formula is C20H20I2N2O6. The minimum Gasteiger partial charge on any atom is -0.496 e. The van der Waals surface area contributed by atoms with Gasteiger partial charge in [-0.3, -0.25) is 4.79 Å². The molecule has 0 saturated heterocycles. The van der Waals surface area contributed by atoms with Crippen molar-refractivity contribution in [3.05, 3.63) is 48.6 Å². The van der Waals surface area contributed by atoms with E-state index < -0.39 is 5.97 Å². The first-order valence-corrected chi connectivity index (χ1v) is 10.9. The van der Waals surface area contributed by atoms with E-state index in [1.165, 1.54) is 13.3 Å². The predicted octanol–water partition coefficient (Wildman–Crippen LogP) is 3.62. The van der Waals surface area contributed by atoms with E-state index in [4.69, 9.17) is 18.9 Å². The van der Waals surface area contributed by atoms with Gasteiger partial charge in [-0.2, -0.15) is 5.10 Å². The van der Waals surface area contributed by atoms with Gasteiger partial charge in [0.25, 0.3) is 5.91 Å². The number of ether oxygens (including phenoxy) is 4. The summed E-state index contributed by atoms with van der Waals surface area (Å²) in [6, 6.07) is 8.60. The molecule has 0 fully saturated rings. The third-order valence-electron chi connectivity index (χ3n) is 3.68. The number of hydrogen-bond donors (Lipinski definition) is 1. The number of hydrazone groups is 1. The summed E-state index contributed by atoms with van der Waals surface area (Å²) in [5, 5.41) is 4.00. The summed E-state index contributed by atoms with van der Waals surface area (Å²) < 4.78 is 22.6. The Hall–Kier alpha value is -2.09. The molecule has 0 atom stereocenters. The summed E-state index contributed by atoms with van der Waals surface area (Å²) in [4.78, 5) is 23.8. The second-order valence-corrected chi connectivity index (χ2v) is 8.00. The fourth-order valence-corrected chi connectivity index (χ4v) is 3.66. The lowest BCUT2D eigenvalue weighted by atomic mass is 10.2. The molecule has 8 nitrogen and oxygen atoms in total. The zero-order valence-corrected chi connectivity index (χ0v) is 20.8. The van der Waals surface area contributed by atoms with Crippen LogP contribution in [0, 0.1) is 7.14 Å². The zero-order chi connectivity index (χ0) is 22.1. The number of esters is 1. The van der Waals surface area contributed by atoms with Crippen molar-refractivity contribution in [3.8, 4) is 17.2 Å². The predicted molar refractivity (Wildman–Crippen MR) is 129 cm³/mol. The van der Waals surface area contributed by atoms with E-state index in [0.717, 1.165) is 3.57 Å². The Bertz CT molecular complexity index is 949. The lowest BCUT2D eigenvalue weighted by Gasteiger charge is -2.13. The average Bonchev–Trinajstić information content (AvgIpc) is 2.73. The Morgan fingerprint density at radius 3 is 2.47 bits per heavy atom. The van der Waals surface area contributed by atoms with Crippen LogP contribution < -0.4 is 19.6 Å². The van der Waals surface area contributed by atoms with E-state index in [9.17, 15) is 9.59 Å². The first-order chi connectivity index (χ1) is 14.4. The maximum absolute atomic E-state index is 12.3. The number of nitrogens with one attached hydrogen (secondary N) is 1. The molecule has 30 heavy (non-hydrogen) atoms. The summed E-state index contributed by atoms with van der Waals surface area (Å²) in [5.74, 6) is 0.650. The highest BCUT2D eigenvalue weighted by molar-refractivity contribution is 14.1. The maximum Gasteiger partial charge on any atom is 0.344 e. The van der Waals surface area contributed by atoms with Crippen LogP contribution in [0.2, 0.25) is 0 Å². The fraction of sp³-hybridized carbons (Fsp3) is 0.250. The number of halogens is 2. The number of benzene rings is 2. The maximum atomic E-state index is 12.3. The lowest BCUT2D eigenvalue weighted by Crippen LogP contribution is -2.17. The first-order valence-electron chi connectivity index (χ1n) is 8.72. The van der Waals surface area contributed by atoms with Crippen molar-refractivity contribution in [1.29, 1.82) is 0 Å². The Morgan fingerprint density at radius 1 is 1.07 bits per heavy atom. The number of carbonyl (C=O) groups excluding carboxylic acids is 2. The van der Waals surface area contributed by atoms with Gasteiger partial charge >= 0.3 is 5.97 Å². The summed E-state index contributed by atoms with van der Waals surface area (Å²) in [6.07, 6.45) is 1.49. The summed E-state index contributed by atoms with van der Waals surface area (Å²) in [5.41, 5.74) is 3.59. The minimum absolute atomic E-state index is 0.219. The molecule has 0 heterocycles. The molecule has 1 amide bonds. The molecule has 1 N–H and O–H groups in total. The summed E-state index contributed by atoms with van der Waals surface area (Å²) >= 11 is 4.20. The molecule has 0 saturated carbocycles. The average molecular weight is 638 g/mol. The van der Waals surface area contributed by atoms with E-state index in [1.807, 2.05) is 0 Å². The van der Waals surface area contributed by atoms with Crippen LogP contribution in [0.1, 0.15) is 22.8 Å². The van der Waals surface area contributed by atoms with E-state index in [2.05, 4.69) is 55.7 Å². The van der Waals surface area contributed by atoms with Gasteiger partial charge < -0.3 is 18.9 Å².